The summed E-state index contributed by atoms with van der Waals surface area (Å²) in [6.45, 7) is 2.31. The van der Waals surface area contributed by atoms with Gasteiger partial charge in [-0.15, -0.1) is 0 Å². The predicted octanol–water partition coefficient (Wildman–Crippen LogP) is 3.30. The van der Waals surface area contributed by atoms with Gasteiger partial charge in [-0.3, -0.25) is 4.79 Å². The van der Waals surface area contributed by atoms with Crippen LogP contribution in [0.25, 0.3) is 0 Å². The number of benzene rings is 1. The van der Waals surface area contributed by atoms with Crippen LogP contribution in [0.4, 0.5) is 19.3 Å². The van der Waals surface area contributed by atoms with Gasteiger partial charge in [0.1, 0.15) is 11.6 Å². The van der Waals surface area contributed by atoms with Crippen LogP contribution < -0.4 is 5.32 Å². The van der Waals surface area contributed by atoms with Crippen LogP contribution in [0.3, 0.4) is 0 Å². The molecule has 0 radical (unpaired) electrons. The molecule has 1 aromatic carbocycles. The van der Waals surface area contributed by atoms with E-state index in [0.29, 0.717) is 19.0 Å². The van der Waals surface area contributed by atoms with E-state index in [0.717, 1.165) is 6.07 Å². The van der Waals surface area contributed by atoms with Crippen LogP contribution in [0.5, 0.6) is 0 Å². The standard InChI is InChI=1S/C14H15BrF2N2O3/c1-7-2-8(13(20)21)6-19(5-7)14(22)18-12-3-9(15)10(16)4-11(12)17/h3-4,7-8H,2,5-6H2,1H3,(H,18,22)(H,20,21). The lowest BCUT2D eigenvalue weighted by atomic mass is 9.91. The molecule has 0 bridgehead atoms. The normalized spacial score (nSPS) is 21.5. The summed E-state index contributed by atoms with van der Waals surface area (Å²) in [6.07, 6.45) is 0.496. The zero-order valence-corrected chi connectivity index (χ0v) is 13.4. The van der Waals surface area contributed by atoms with Crippen LogP contribution in [0, 0.1) is 23.5 Å². The zero-order valence-electron chi connectivity index (χ0n) is 11.8. The van der Waals surface area contributed by atoms with Gasteiger partial charge >= 0.3 is 12.0 Å². The summed E-state index contributed by atoms with van der Waals surface area (Å²) in [7, 11) is 0. The minimum absolute atomic E-state index is 0.0274. The maximum Gasteiger partial charge on any atom is 0.321 e. The number of amides is 2. The minimum Gasteiger partial charge on any atom is -0.481 e. The Hall–Kier alpha value is -1.70. The van der Waals surface area contributed by atoms with Crippen molar-refractivity contribution in [1.82, 2.24) is 4.90 Å². The van der Waals surface area contributed by atoms with Crippen LogP contribution in [-0.2, 0) is 4.79 Å². The third kappa shape index (κ3) is 3.73. The summed E-state index contributed by atoms with van der Waals surface area (Å²) in [6, 6.07) is 1.19. The van der Waals surface area contributed by atoms with Crippen molar-refractivity contribution < 1.29 is 23.5 Å². The number of carbonyl (C=O) groups is 2. The number of carbonyl (C=O) groups excluding carboxylic acids is 1. The number of carboxylic acids is 1. The van der Waals surface area contributed by atoms with Crippen molar-refractivity contribution in [3.8, 4) is 0 Å². The van der Waals surface area contributed by atoms with Gasteiger partial charge in [0.15, 0.2) is 0 Å². The fourth-order valence-corrected chi connectivity index (χ4v) is 2.85. The third-order valence-corrected chi connectivity index (χ3v) is 4.16. The number of nitrogens with one attached hydrogen (secondary N) is 1. The molecular weight excluding hydrogens is 362 g/mol. The summed E-state index contributed by atoms with van der Waals surface area (Å²) < 4.78 is 26.8. The molecule has 1 heterocycles. The highest BCUT2D eigenvalue weighted by Gasteiger charge is 2.32. The van der Waals surface area contributed by atoms with Crippen molar-refractivity contribution in [3.05, 3.63) is 28.2 Å². The number of halogens is 3. The quantitative estimate of drug-likeness (QED) is 0.778. The first-order valence-electron chi connectivity index (χ1n) is 6.71. The number of rotatable bonds is 2. The van der Waals surface area contributed by atoms with Crippen molar-refractivity contribution in [3.63, 3.8) is 0 Å². The Morgan fingerprint density at radius 3 is 2.64 bits per heavy atom. The number of likely N-dealkylation sites (tertiary alicyclic amines) is 1. The maximum atomic E-state index is 13.7. The Bertz CT molecular complexity index is 612. The molecule has 2 amide bonds. The summed E-state index contributed by atoms with van der Waals surface area (Å²) in [4.78, 5) is 24.6. The van der Waals surface area contributed by atoms with Gasteiger partial charge in [0, 0.05) is 19.2 Å². The van der Waals surface area contributed by atoms with Gasteiger partial charge < -0.3 is 15.3 Å². The molecular formula is C14H15BrF2N2O3. The highest BCUT2D eigenvalue weighted by molar-refractivity contribution is 9.10. The van der Waals surface area contributed by atoms with Gasteiger partial charge in [-0.1, -0.05) is 6.92 Å². The molecule has 120 valence electrons. The monoisotopic (exact) mass is 376 g/mol. The topological polar surface area (TPSA) is 69.6 Å². The van der Waals surface area contributed by atoms with E-state index >= 15 is 0 Å². The molecule has 1 fully saturated rings. The van der Waals surface area contributed by atoms with Gasteiger partial charge in [0.25, 0.3) is 0 Å². The molecule has 0 aliphatic carbocycles. The molecule has 2 atom stereocenters. The summed E-state index contributed by atoms with van der Waals surface area (Å²) in [5.74, 6) is -3.23. The van der Waals surface area contributed by atoms with E-state index in [9.17, 15) is 18.4 Å². The predicted molar refractivity (Wildman–Crippen MR) is 79.6 cm³/mol. The molecule has 0 saturated carbocycles. The number of carboxylic acid groups (broad SMARTS) is 1. The van der Waals surface area contributed by atoms with Crippen molar-refractivity contribution in [2.45, 2.75) is 13.3 Å². The Morgan fingerprint density at radius 2 is 2.00 bits per heavy atom. The number of aliphatic carboxylic acids is 1. The molecule has 0 aromatic heterocycles. The Labute approximate surface area is 134 Å². The lowest BCUT2D eigenvalue weighted by Crippen LogP contribution is -2.47. The molecule has 8 heteroatoms. The molecule has 1 aliphatic heterocycles. The number of hydrogen-bond donors (Lipinski definition) is 2. The van der Waals surface area contributed by atoms with Gasteiger partial charge in [0.05, 0.1) is 16.1 Å². The Kier molecular flexibility index (Phi) is 5.00. The van der Waals surface area contributed by atoms with E-state index in [1.807, 2.05) is 6.92 Å². The Morgan fingerprint density at radius 1 is 1.32 bits per heavy atom. The molecule has 2 unspecified atom stereocenters. The zero-order chi connectivity index (χ0) is 16.4. The molecule has 1 aromatic rings. The summed E-state index contributed by atoms with van der Waals surface area (Å²) >= 11 is 2.92. The van der Waals surface area contributed by atoms with Crippen molar-refractivity contribution in [2.24, 2.45) is 11.8 Å². The fraction of sp³-hybridized carbons (Fsp3) is 0.429. The average Bonchev–Trinajstić information content (AvgIpc) is 2.43. The Balaban J connectivity index is 2.11. The second-order valence-corrected chi connectivity index (χ2v) is 6.31. The molecule has 1 saturated heterocycles. The smallest absolute Gasteiger partial charge is 0.321 e. The van der Waals surface area contributed by atoms with E-state index in [1.165, 1.54) is 4.90 Å². The van der Waals surface area contributed by atoms with E-state index in [-0.39, 0.29) is 22.6 Å². The van der Waals surface area contributed by atoms with Gasteiger partial charge in [-0.05, 0) is 34.3 Å². The largest absolute Gasteiger partial charge is 0.481 e. The summed E-state index contributed by atoms with van der Waals surface area (Å²) in [5.41, 5.74) is -0.164. The van der Waals surface area contributed by atoms with Crippen molar-refractivity contribution in [1.29, 1.82) is 0 Å². The molecule has 2 rings (SSSR count). The van der Waals surface area contributed by atoms with Crippen LogP contribution in [0.1, 0.15) is 13.3 Å². The van der Waals surface area contributed by atoms with Gasteiger partial charge in [-0.2, -0.15) is 0 Å². The number of urea groups is 1. The first-order valence-corrected chi connectivity index (χ1v) is 7.50. The SMILES string of the molecule is CC1CC(C(=O)O)CN(C(=O)Nc2cc(Br)c(F)cc2F)C1. The highest BCUT2D eigenvalue weighted by Crippen LogP contribution is 2.26. The van der Waals surface area contributed by atoms with Gasteiger partial charge in [0.2, 0.25) is 0 Å². The second-order valence-electron chi connectivity index (χ2n) is 5.46. The lowest BCUT2D eigenvalue weighted by Gasteiger charge is -2.34. The second kappa shape index (κ2) is 6.60. The van der Waals surface area contributed by atoms with Crippen LogP contribution in [-0.4, -0.2) is 35.1 Å². The van der Waals surface area contributed by atoms with Crippen molar-refractivity contribution >= 4 is 33.6 Å². The van der Waals surface area contributed by atoms with E-state index < -0.39 is 29.6 Å². The number of anilines is 1. The van der Waals surface area contributed by atoms with E-state index in [1.54, 1.807) is 0 Å². The number of piperidine rings is 1. The summed E-state index contributed by atoms with van der Waals surface area (Å²) in [5, 5.41) is 11.4. The molecule has 5 nitrogen and oxygen atoms in total. The van der Waals surface area contributed by atoms with Crippen LogP contribution in [0.15, 0.2) is 16.6 Å². The lowest BCUT2D eigenvalue weighted by molar-refractivity contribution is -0.143. The maximum absolute atomic E-state index is 13.7. The van der Waals surface area contributed by atoms with Crippen LogP contribution in [0.2, 0.25) is 0 Å². The van der Waals surface area contributed by atoms with Crippen molar-refractivity contribution in [2.75, 3.05) is 18.4 Å². The first-order chi connectivity index (χ1) is 10.3. The average molecular weight is 377 g/mol. The van der Waals surface area contributed by atoms with E-state index in [2.05, 4.69) is 21.2 Å². The molecule has 22 heavy (non-hydrogen) atoms. The number of nitrogens with zero attached hydrogens (tertiary/aromatic N) is 1. The van der Waals surface area contributed by atoms with Gasteiger partial charge in [-0.25, -0.2) is 13.6 Å². The van der Waals surface area contributed by atoms with Crippen LogP contribution >= 0.6 is 15.9 Å². The minimum atomic E-state index is -0.958. The molecule has 2 N–H and O–H groups in total. The molecule has 1 aliphatic rings. The first kappa shape index (κ1) is 16.7. The van der Waals surface area contributed by atoms with E-state index in [4.69, 9.17) is 5.11 Å². The molecule has 0 spiro atoms. The highest BCUT2D eigenvalue weighted by atomic mass is 79.9. The third-order valence-electron chi connectivity index (χ3n) is 3.55. The fourth-order valence-electron chi connectivity index (χ4n) is 2.51. The number of hydrogen-bond acceptors (Lipinski definition) is 2.